The summed E-state index contributed by atoms with van der Waals surface area (Å²) < 4.78 is 11.0. The molecule has 1 atom stereocenters. The van der Waals surface area contributed by atoms with Gasteiger partial charge in [0.2, 0.25) is 0 Å². The van der Waals surface area contributed by atoms with Crippen molar-refractivity contribution >= 4 is 5.97 Å². The first-order chi connectivity index (χ1) is 11.0. The third-order valence-corrected chi connectivity index (χ3v) is 3.42. The number of benzene rings is 1. The largest absolute Gasteiger partial charge is 0.442 e. The lowest BCUT2D eigenvalue weighted by atomic mass is 10.1. The molecule has 0 N–H and O–H groups in total. The second-order valence-corrected chi connectivity index (χ2v) is 5.32. The Bertz CT molecular complexity index is 740. The standard InChI is InChI=1S/C19H19NO3/c1-5-19(4,6-2)23-17(21)13-12-16-20-14(3)18(22-16)15-10-8-7-9-11-15/h1,6-11H,2,12-13H2,3-4H3. The van der Waals surface area contributed by atoms with Gasteiger partial charge >= 0.3 is 5.97 Å². The van der Waals surface area contributed by atoms with Crippen molar-refractivity contribution in [2.45, 2.75) is 32.3 Å². The number of hydrogen-bond acceptors (Lipinski definition) is 4. The highest BCUT2D eigenvalue weighted by atomic mass is 16.6. The van der Waals surface area contributed by atoms with Gasteiger partial charge in [-0.05, 0) is 19.9 Å². The van der Waals surface area contributed by atoms with E-state index in [0.29, 0.717) is 18.1 Å². The van der Waals surface area contributed by atoms with Crippen LogP contribution in [0, 0.1) is 19.3 Å². The monoisotopic (exact) mass is 309 g/mol. The molecule has 0 aliphatic carbocycles. The summed E-state index contributed by atoms with van der Waals surface area (Å²) in [5.74, 6) is 3.19. The van der Waals surface area contributed by atoms with Gasteiger partial charge in [0.05, 0.1) is 12.1 Å². The zero-order chi connectivity index (χ0) is 16.9. The van der Waals surface area contributed by atoms with Gasteiger partial charge in [-0.15, -0.1) is 6.42 Å². The zero-order valence-electron chi connectivity index (χ0n) is 13.3. The number of oxazole rings is 1. The molecule has 0 bridgehead atoms. The van der Waals surface area contributed by atoms with Crippen LogP contribution in [-0.4, -0.2) is 16.6 Å². The number of aryl methyl sites for hydroxylation is 2. The number of aromatic nitrogens is 1. The maximum Gasteiger partial charge on any atom is 0.308 e. The van der Waals surface area contributed by atoms with Crippen LogP contribution in [0.2, 0.25) is 0 Å². The highest BCUT2D eigenvalue weighted by Gasteiger charge is 2.22. The summed E-state index contributed by atoms with van der Waals surface area (Å²) in [5, 5.41) is 0. The van der Waals surface area contributed by atoms with E-state index in [1.165, 1.54) is 6.08 Å². The van der Waals surface area contributed by atoms with Crippen molar-refractivity contribution in [2.75, 3.05) is 0 Å². The van der Waals surface area contributed by atoms with Crippen LogP contribution >= 0.6 is 0 Å². The van der Waals surface area contributed by atoms with Crippen LogP contribution in [0.3, 0.4) is 0 Å². The number of esters is 1. The van der Waals surface area contributed by atoms with Gasteiger partial charge in [0.15, 0.2) is 17.3 Å². The fourth-order valence-corrected chi connectivity index (χ4v) is 2.04. The molecular weight excluding hydrogens is 290 g/mol. The van der Waals surface area contributed by atoms with Crippen LogP contribution in [0.5, 0.6) is 0 Å². The maximum absolute atomic E-state index is 11.9. The summed E-state index contributed by atoms with van der Waals surface area (Å²) in [5.41, 5.74) is 0.663. The number of ether oxygens (including phenoxy) is 1. The highest BCUT2D eigenvalue weighted by Crippen LogP contribution is 2.24. The molecule has 0 radical (unpaired) electrons. The molecule has 4 nitrogen and oxygen atoms in total. The number of rotatable bonds is 6. The van der Waals surface area contributed by atoms with Gasteiger partial charge in [0, 0.05) is 12.0 Å². The molecule has 0 aliphatic heterocycles. The smallest absolute Gasteiger partial charge is 0.308 e. The van der Waals surface area contributed by atoms with Crippen molar-refractivity contribution in [1.82, 2.24) is 4.98 Å². The van der Waals surface area contributed by atoms with Crippen molar-refractivity contribution in [3.63, 3.8) is 0 Å². The van der Waals surface area contributed by atoms with E-state index in [2.05, 4.69) is 17.5 Å². The van der Waals surface area contributed by atoms with E-state index in [9.17, 15) is 4.79 Å². The summed E-state index contributed by atoms with van der Waals surface area (Å²) in [6.07, 6.45) is 7.25. The molecule has 0 saturated heterocycles. The number of hydrogen-bond donors (Lipinski definition) is 0. The summed E-state index contributed by atoms with van der Waals surface area (Å²) in [4.78, 5) is 16.2. The Balaban J connectivity index is 2.01. The third kappa shape index (κ3) is 4.10. The number of terminal acetylenes is 1. The topological polar surface area (TPSA) is 52.3 Å². The molecule has 4 heteroatoms. The normalized spacial score (nSPS) is 12.9. The Morgan fingerprint density at radius 1 is 1.48 bits per heavy atom. The van der Waals surface area contributed by atoms with Crippen LogP contribution in [0.15, 0.2) is 47.4 Å². The van der Waals surface area contributed by atoms with Crippen molar-refractivity contribution in [2.24, 2.45) is 0 Å². The van der Waals surface area contributed by atoms with Gasteiger partial charge in [-0.25, -0.2) is 4.98 Å². The Labute approximate surface area is 136 Å². The van der Waals surface area contributed by atoms with E-state index < -0.39 is 11.6 Å². The molecule has 1 heterocycles. The zero-order valence-corrected chi connectivity index (χ0v) is 13.3. The average molecular weight is 309 g/mol. The molecule has 23 heavy (non-hydrogen) atoms. The predicted octanol–water partition coefficient (Wildman–Crippen LogP) is 3.70. The number of nitrogens with zero attached hydrogens (tertiary/aromatic N) is 1. The highest BCUT2D eigenvalue weighted by molar-refractivity contribution is 5.71. The second kappa shape index (κ2) is 6.97. The van der Waals surface area contributed by atoms with Crippen molar-refractivity contribution in [3.05, 3.63) is 54.6 Å². The molecule has 2 rings (SSSR count). The lowest BCUT2D eigenvalue weighted by Gasteiger charge is -2.19. The summed E-state index contributed by atoms with van der Waals surface area (Å²) in [7, 11) is 0. The van der Waals surface area contributed by atoms with Crippen LogP contribution in [0.1, 0.15) is 24.9 Å². The van der Waals surface area contributed by atoms with Crippen LogP contribution in [-0.2, 0) is 16.0 Å². The molecule has 0 fully saturated rings. The minimum atomic E-state index is -1.08. The molecule has 1 aromatic carbocycles. The van der Waals surface area contributed by atoms with Gasteiger partial charge in [-0.3, -0.25) is 4.79 Å². The first-order valence-electron chi connectivity index (χ1n) is 7.32. The Kier molecular flexibility index (Phi) is 5.02. The van der Waals surface area contributed by atoms with Gasteiger partial charge in [0.1, 0.15) is 0 Å². The molecule has 0 saturated carbocycles. The second-order valence-electron chi connectivity index (χ2n) is 5.32. The van der Waals surface area contributed by atoms with E-state index in [1.54, 1.807) is 6.92 Å². The van der Waals surface area contributed by atoms with Crippen LogP contribution in [0.4, 0.5) is 0 Å². The number of carbonyl (C=O) groups is 1. The summed E-state index contributed by atoms with van der Waals surface area (Å²) in [6.45, 7) is 7.06. The van der Waals surface area contributed by atoms with Gasteiger partial charge < -0.3 is 9.15 Å². The summed E-state index contributed by atoms with van der Waals surface area (Å²) in [6, 6.07) is 9.71. The lowest BCUT2D eigenvalue weighted by molar-refractivity contribution is -0.149. The van der Waals surface area contributed by atoms with Gasteiger partial charge in [-0.1, -0.05) is 42.8 Å². The average Bonchev–Trinajstić information content (AvgIpc) is 2.94. The van der Waals surface area contributed by atoms with Crippen molar-refractivity contribution in [1.29, 1.82) is 0 Å². The molecule has 2 aromatic rings. The molecule has 0 amide bonds. The fraction of sp³-hybridized carbons (Fsp3) is 0.263. The molecule has 0 aliphatic rings. The fourth-order valence-electron chi connectivity index (χ4n) is 2.04. The van der Waals surface area contributed by atoms with Crippen LogP contribution < -0.4 is 0 Å². The molecule has 1 aromatic heterocycles. The minimum Gasteiger partial charge on any atom is -0.442 e. The maximum atomic E-state index is 11.9. The van der Waals surface area contributed by atoms with Gasteiger partial charge in [0.25, 0.3) is 0 Å². The van der Waals surface area contributed by atoms with Crippen molar-refractivity contribution < 1.29 is 13.9 Å². The van der Waals surface area contributed by atoms with E-state index in [4.69, 9.17) is 15.6 Å². The minimum absolute atomic E-state index is 0.138. The van der Waals surface area contributed by atoms with E-state index in [0.717, 1.165) is 11.3 Å². The molecular formula is C19H19NO3. The first kappa shape index (κ1) is 16.6. The van der Waals surface area contributed by atoms with Crippen LogP contribution in [0.25, 0.3) is 11.3 Å². The van der Waals surface area contributed by atoms with Crippen molar-refractivity contribution in [3.8, 4) is 23.7 Å². The van der Waals surface area contributed by atoms with E-state index in [1.807, 2.05) is 37.3 Å². The van der Waals surface area contributed by atoms with Gasteiger partial charge in [-0.2, -0.15) is 0 Å². The SMILES string of the molecule is C#CC(C)(C=C)OC(=O)CCc1nc(C)c(-c2ccccc2)o1. The first-order valence-corrected chi connectivity index (χ1v) is 7.32. The quantitative estimate of drug-likeness (QED) is 0.464. The third-order valence-electron chi connectivity index (χ3n) is 3.42. The molecule has 1 unspecified atom stereocenters. The molecule has 118 valence electrons. The molecule has 0 spiro atoms. The Morgan fingerprint density at radius 2 is 2.17 bits per heavy atom. The Morgan fingerprint density at radius 3 is 2.78 bits per heavy atom. The Hall–Kier alpha value is -2.80. The predicted molar refractivity (Wildman–Crippen MR) is 88.5 cm³/mol. The lowest BCUT2D eigenvalue weighted by Crippen LogP contribution is -2.27. The van der Waals surface area contributed by atoms with E-state index in [-0.39, 0.29) is 6.42 Å². The van der Waals surface area contributed by atoms with E-state index >= 15 is 0 Å². The summed E-state index contributed by atoms with van der Waals surface area (Å²) >= 11 is 0. The number of carbonyl (C=O) groups excluding carboxylic acids is 1.